The van der Waals surface area contributed by atoms with E-state index in [4.69, 9.17) is 33.7 Å². The Balaban J connectivity index is 2.56. The van der Waals surface area contributed by atoms with Gasteiger partial charge in [-0.3, -0.25) is 0 Å². The van der Waals surface area contributed by atoms with E-state index in [1.807, 2.05) is 0 Å². The smallest absolute Gasteiger partial charge is 0.232 e. The van der Waals surface area contributed by atoms with Crippen LogP contribution in [0.2, 0.25) is 10.0 Å². The van der Waals surface area contributed by atoms with Crippen LogP contribution in [0.25, 0.3) is 0 Å². The van der Waals surface area contributed by atoms with E-state index in [-0.39, 0.29) is 0 Å². The molecule has 13 heavy (non-hydrogen) atoms. The van der Waals surface area contributed by atoms with Gasteiger partial charge >= 0.3 is 0 Å². The average molecular weight is 221 g/mol. The Morgan fingerprint density at radius 1 is 1.46 bits per heavy atom. The van der Waals surface area contributed by atoms with Crippen LogP contribution in [0.4, 0.5) is 0 Å². The molecule has 0 bridgehead atoms. The highest BCUT2D eigenvalue weighted by atomic mass is 35.5. The number of hydrogen-bond donors (Lipinski definition) is 1. The van der Waals surface area contributed by atoms with E-state index in [9.17, 15) is 0 Å². The molecule has 0 saturated heterocycles. The van der Waals surface area contributed by atoms with E-state index < -0.39 is 0 Å². The summed E-state index contributed by atoms with van der Waals surface area (Å²) < 4.78 is 5.25. The number of aromatic nitrogens is 1. The van der Waals surface area contributed by atoms with Gasteiger partial charge in [-0.2, -0.15) is 0 Å². The Morgan fingerprint density at radius 2 is 2.23 bits per heavy atom. The second kappa shape index (κ2) is 5.27. The number of hydrogen-bond acceptors (Lipinski definition) is 3. The van der Waals surface area contributed by atoms with E-state index in [0.717, 1.165) is 6.42 Å². The van der Waals surface area contributed by atoms with Gasteiger partial charge in [-0.1, -0.05) is 23.2 Å². The van der Waals surface area contributed by atoms with Crippen molar-refractivity contribution in [1.29, 1.82) is 0 Å². The predicted molar refractivity (Wildman–Crippen MR) is 53.4 cm³/mol. The molecule has 5 heteroatoms. The van der Waals surface area contributed by atoms with E-state index in [0.29, 0.717) is 29.1 Å². The summed E-state index contributed by atoms with van der Waals surface area (Å²) in [5.74, 6) is 0.402. The Morgan fingerprint density at radius 3 is 2.85 bits per heavy atom. The summed E-state index contributed by atoms with van der Waals surface area (Å²) in [6.45, 7) is 1.11. The third-order valence-electron chi connectivity index (χ3n) is 1.36. The van der Waals surface area contributed by atoms with Gasteiger partial charge in [-0.15, -0.1) is 0 Å². The van der Waals surface area contributed by atoms with Crippen molar-refractivity contribution in [3.63, 3.8) is 0 Å². The van der Waals surface area contributed by atoms with Gasteiger partial charge in [0.15, 0.2) is 0 Å². The number of rotatable bonds is 4. The lowest BCUT2D eigenvalue weighted by atomic mass is 10.4. The standard InChI is InChI=1S/C8H10Cl2N2O/c9-6-4-7(10)8(12-5-6)13-3-1-2-11/h4-5H,1-3,11H2. The summed E-state index contributed by atoms with van der Waals surface area (Å²) in [5, 5.41) is 0.917. The average Bonchev–Trinajstić information content (AvgIpc) is 2.09. The van der Waals surface area contributed by atoms with Crippen molar-refractivity contribution < 1.29 is 4.74 Å². The minimum atomic E-state index is 0.402. The second-order valence-electron chi connectivity index (χ2n) is 2.43. The molecule has 1 heterocycles. The molecule has 0 radical (unpaired) electrons. The zero-order chi connectivity index (χ0) is 9.68. The van der Waals surface area contributed by atoms with E-state index in [1.165, 1.54) is 6.20 Å². The highest BCUT2D eigenvalue weighted by Crippen LogP contribution is 2.24. The summed E-state index contributed by atoms with van der Waals surface area (Å²) in [4.78, 5) is 3.92. The minimum Gasteiger partial charge on any atom is -0.477 e. The summed E-state index contributed by atoms with van der Waals surface area (Å²) in [5.41, 5.74) is 5.30. The third kappa shape index (κ3) is 3.38. The summed E-state index contributed by atoms with van der Waals surface area (Å²) in [6.07, 6.45) is 2.27. The van der Waals surface area contributed by atoms with Crippen molar-refractivity contribution in [2.75, 3.05) is 13.2 Å². The molecular weight excluding hydrogens is 211 g/mol. The van der Waals surface area contributed by atoms with E-state index in [2.05, 4.69) is 4.98 Å². The molecule has 1 rings (SSSR count). The molecule has 0 aliphatic heterocycles. The molecule has 1 aromatic rings. The van der Waals surface area contributed by atoms with Crippen LogP contribution in [-0.4, -0.2) is 18.1 Å². The zero-order valence-corrected chi connectivity index (χ0v) is 8.48. The second-order valence-corrected chi connectivity index (χ2v) is 3.27. The zero-order valence-electron chi connectivity index (χ0n) is 6.96. The van der Waals surface area contributed by atoms with Gasteiger partial charge in [0.2, 0.25) is 5.88 Å². The topological polar surface area (TPSA) is 48.1 Å². The summed E-state index contributed by atoms with van der Waals surface area (Å²) in [7, 11) is 0. The van der Waals surface area contributed by atoms with E-state index >= 15 is 0 Å². The molecular formula is C8H10Cl2N2O. The van der Waals surface area contributed by atoms with Crippen LogP contribution in [0.3, 0.4) is 0 Å². The van der Waals surface area contributed by atoms with Crippen LogP contribution in [0, 0.1) is 0 Å². The molecule has 0 aromatic carbocycles. The molecule has 2 N–H and O–H groups in total. The molecule has 3 nitrogen and oxygen atoms in total. The van der Waals surface area contributed by atoms with Crippen molar-refractivity contribution in [2.24, 2.45) is 5.73 Å². The van der Waals surface area contributed by atoms with Crippen molar-refractivity contribution in [2.45, 2.75) is 6.42 Å². The summed E-state index contributed by atoms with van der Waals surface area (Å²) in [6, 6.07) is 1.59. The monoisotopic (exact) mass is 220 g/mol. The number of nitrogens with zero attached hydrogens (tertiary/aromatic N) is 1. The van der Waals surface area contributed by atoms with Crippen molar-refractivity contribution in [3.8, 4) is 5.88 Å². The number of halogens is 2. The molecule has 0 unspecified atom stereocenters. The Labute approximate surface area is 86.8 Å². The van der Waals surface area contributed by atoms with Gasteiger partial charge in [0.05, 0.1) is 11.6 Å². The maximum Gasteiger partial charge on any atom is 0.232 e. The number of nitrogens with two attached hydrogens (primary N) is 1. The van der Waals surface area contributed by atoms with Crippen molar-refractivity contribution in [1.82, 2.24) is 4.98 Å². The van der Waals surface area contributed by atoms with Gasteiger partial charge in [-0.05, 0) is 19.0 Å². The first-order valence-electron chi connectivity index (χ1n) is 3.88. The number of pyridine rings is 1. The largest absolute Gasteiger partial charge is 0.477 e. The van der Waals surface area contributed by atoms with Gasteiger partial charge in [0, 0.05) is 6.20 Å². The van der Waals surface area contributed by atoms with Gasteiger partial charge in [-0.25, -0.2) is 4.98 Å². The first kappa shape index (κ1) is 10.6. The van der Waals surface area contributed by atoms with E-state index in [1.54, 1.807) is 6.07 Å². The predicted octanol–water partition coefficient (Wildman–Crippen LogP) is 2.12. The molecule has 1 aromatic heterocycles. The first-order chi connectivity index (χ1) is 6.24. The Hall–Kier alpha value is -0.510. The highest BCUT2D eigenvalue weighted by molar-refractivity contribution is 6.35. The third-order valence-corrected chi connectivity index (χ3v) is 1.84. The lowest BCUT2D eigenvalue weighted by Gasteiger charge is -2.05. The Bertz CT molecular complexity index is 281. The SMILES string of the molecule is NCCCOc1ncc(Cl)cc1Cl. The van der Waals surface area contributed by atoms with Gasteiger partial charge in [0.25, 0.3) is 0 Å². The van der Waals surface area contributed by atoms with Crippen LogP contribution in [0.5, 0.6) is 5.88 Å². The van der Waals surface area contributed by atoms with Crippen LogP contribution in [0.15, 0.2) is 12.3 Å². The first-order valence-corrected chi connectivity index (χ1v) is 4.63. The lowest BCUT2D eigenvalue weighted by molar-refractivity contribution is 0.302. The van der Waals surface area contributed by atoms with Crippen LogP contribution in [0.1, 0.15) is 6.42 Å². The minimum absolute atomic E-state index is 0.402. The van der Waals surface area contributed by atoms with Crippen LogP contribution >= 0.6 is 23.2 Å². The van der Waals surface area contributed by atoms with Crippen LogP contribution < -0.4 is 10.5 Å². The normalized spacial score (nSPS) is 10.1. The molecule has 0 spiro atoms. The molecule has 72 valence electrons. The van der Waals surface area contributed by atoms with Crippen LogP contribution in [-0.2, 0) is 0 Å². The molecule has 0 aliphatic carbocycles. The lowest BCUT2D eigenvalue weighted by Crippen LogP contribution is -2.06. The van der Waals surface area contributed by atoms with Crippen molar-refractivity contribution >= 4 is 23.2 Å². The van der Waals surface area contributed by atoms with Crippen molar-refractivity contribution in [3.05, 3.63) is 22.3 Å². The Kier molecular flexibility index (Phi) is 4.28. The fourth-order valence-corrected chi connectivity index (χ4v) is 1.20. The quantitative estimate of drug-likeness (QED) is 0.792. The van der Waals surface area contributed by atoms with Gasteiger partial charge in [0.1, 0.15) is 5.02 Å². The fraction of sp³-hybridized carbons (Fsp3) is 0.375. The number of ether oxygens (including phenoxy) is 1. The maximum absolute atomic E-state index is 5.81. The molecule has 0 aliphatic rings. The fourth-order valence-electron chi connectivity index (χ4n) is 0.760. The molecule has 0 atom stereocenters. The maximum atomic E-state index is 5.81. The molecule has 0 amide bonds. The summed E-state index contributed by atoms with van der Waals surface area (Å²) >= 11 is 11.5. The highest BCUT2D eigenvalue weighted by Gasteiger charge is 2.02. The molecule has 0 saturated carbocycles. The van der Waals surface area contributed by atoms with Gasteiger partial charge < -0.3 is 10.5 Å². The molecule has 0 fully saturated rings.